The van der Waals surface area contributed by atoms with Gasteiger partial charge in [-0.2, -0.15) is 0 Å². The molecule has 11 nitrogen and oxygen atoms in total. The van der Waals surface area contributed by atoms with Crippen molar-refractivity contribution in [3.8, 4) is 11.4 Å². The van der Waals surface area contributed by atoms with Gasteiger partial charge < -0.3 is 15.0 Å². The number of urea groups is 1. The summed E-state index contributed by atoms with van der Waals surface area (Å²) in [5, 5.41) is 13.9. The molecule has 0 aromatic carbocycles. The summed E-state index contributed by atoms with van der Waals surface area (Å²) in [5.41, 5.74) is 1.98. The lowest BCUT2D eigenvalue weighted by Gasteiger charge is -2.16. The number of nitrogens with zero attached hydrogens (tertiary/aromatic N) is 6. The fourth-order valence-electron chi connectivity index (χ4n) is 3.43. The molecule has 1 saturated heterocycles. The van der Waals surface area contributed by atoms with Crippen LogP contribution in [0.25, 0.3) is 11.4 Å². The van der Waals surface area contributed by atoms with E-state index in [4.69, 9.17) is 16.3 Å². The van der Waals surface area contributed by atoms with Crippen molar-refractivity contribution in [2.75, 3.05) is 23.7 Å². The molecule has 1 aliphatic heterocycles. The first-order valence-corrected chi connectivity index (χ1v) is 12.1. The monoisotopic (exact) mass is 596 g/mol. The molecule has 0 saturated carbocycles. The van der Waals surface area contributed by atoms with E-state index in [2.05, 4.69) is 53.5 Å². The summed E-state index contributed by atoms with van der Waals surface area (Å²) in [7, 11) is 1.64. The van der Waals surface area contributed by atoms with E-state index in [9.17, 15) is 9.59 Å². The molecule has 0 radical (unpaired) electrons. The van der Waals surface area contributed by atoms with E-state index in [0.717, 1.165) is 19.5 Å². The predicted octanol–water partition coefficient (Wildman–Crippen LogP) is 4.28. The molecule has 178 valence electrons. The van der Waals surface area contributed by atoms with Crippen molar-refractivity contribution in [3.05, 3.63) is 47.4 Å². The normalized spacial score (nSPS) is 16.2. The Hall–Kier alpha value is -3.00. The van der Waals surface area contributed by atoms with Crippen molar-refractivity contribution in [3.63, 3.8) is 0 Å². The van der Waals surface area contributed by atoms with Crippen LogP contribution in [0.4, 0.5) is 21.1 Å². The number of nitrogens with one attached hydrogen (secondary N) is 2. The lowest BCUT2D eigenvalue weighted by Crippen LogP contribution is -2.33. The van der Waals surface area contributed by atoms with Gasteiger partial charge in [0, 0.05) is 35.8 Å². The van der Waals surface area contributed by atoms with Crippen LogP contribution in [-0.4, -0.2) is 59.0 Å². The van der Waals surface area contributed by atoms with Gasteiger partial charge in [0.1, 0.15) is 11.3 Å². The zero-order valence-corrected chi connectivity index (χ0v) is 21.3. The third-order valence-corrected chi connectivity index (χ3v) is 6.56. The van der Waals surface area contributed by atoms with E-state index < -0.39 is 12.2 Å². The number of hydrogen-bond acceptors (Lipinski definition) is 7. The largest absolute Gasteiger partial charge is 0.441 e. The minimum absolute atomic E-state index is 0.152. The molecule has 1 fully saturated rings. The van der Waals surface area contributed by atoms with Crippen molar-refractivity contribution in [1.29, 1.82) is 0 Å². The van der Waals surface area contributed by atoms with Gasteiger partial charge in [-0.15, -0.1) is 5.10 Å². The summed E-state index contributed by atoms with van der Waals surface area (Å²) in [6, 6.07) is 6.71. The number of ether oxygens (including phenoxy) is 1. The Morgan fingerprint density at radius 2 is 2.09 bits per heavy atom. The van der Waals surface area contributed by atoms with Crippen LogP contribution in [0.1, 0.15) is 25.0 Å². The first-order valence-electron chi connectivity index (χ1n) is 10.5. The van der Waals surface area contributed by atoms with Gasteiger partial charge in [-0.05, 0) is 31.5 Å². The number of likely N-dealkylation sites (tertiary alicyclic amines) is 1. The van der Waals surface area contributed by atoms with E-state index in [1.54, 1.807) is 49.3 Å². The van der Waals surface area contributed by atoms with E-state index >= 15 is 0 Å². The Balaban J connectivity index is 1.42. The molecule has 34 heavy (non-hydrogen) atoms. The molecule has 0 unspecified atom stereocenters. The molecular weight excluding hydrogens is 575 g/mol. The number of amides is 3. The van der Waals surface area contributed by atoms with Crippen molar-refractivity contribution in [1.82, 2.24) is 29.9 Å². The number of rotatable bonds is 5. The molecule has 1 aliphatic rings. The molecule has 0 aliphatic carbocycles. The van der Waals surface area contributed by atoms with Crippen LogP contribution in [0.5, 0.6) is 0 Å². The van der Waals surface area contributed by atoms with Crippen LogP contribution in [-0.2, 0) is 11.8 Å². The third kappa shape index (κ3) is 5.55. The highest BCUT2D eigenvalue weighted by molar-refractivity contribution is 14.1. The van der Waals surface area contributed by atoms with E-state index in [1.807, 2.05) is 0 Å². The topological polar surface area (TPSA) is 127 Å². The number of aryl methyl sites for hydroxylation is 1. The first-order chi connectivity index (χ1) is 16.3. The first kappa shape index (κ1) is 24.1. The van der Waals surface area contributed by atoms with Crippen LogP contribution in [0.15, 0.2) is 36.7 Å². The molecule has 3 amide bonds. The number of anilines is 2. The average molecular weight is 597 g/mol. The SMILES string of the molecule is C[C@@H](OC(=O)Nc1c(-c2ccc(NC(=O)N3CC[C@@H](I)C3)cn2)nnn1C)c1cccnc1Cl. The number of hydrogen-bond donors (Lipinski definition) is 2. The van der Waals surface area contributed by atoms with Crippen LogP contribution in [0.2, 0.25) is 5.15 Å². The van der Waals surface area contributed by atoms with Gasteiger partial charge in [0.05, 0.1) is 17.6 Å². The molecule has 0 spiro atoms. The Labute approximate surface area is 214 Å². The van der Waals surface area contributed by atoms with Crippen molar-refractivity contribution in [2.24, 2.45) is 7.05 Å². The molecule has 2 N–H and O–H groups in total. The minimum atomic E-state index is -0.706. The average Bonchev–Trinajstić information content (AvgIpc) is 3.40. The molecule has 4 heterocycles. The van der Waals surface area contributed by atoms with Gasteiger partial charge in [-0.25, -0.2) is 19.3 Å². The van der Waals surface area contributed by atoms with Crippen LogP contribution in [0, 0.1) is 0 Å². The van der Waals surface area contributed by atoms with Gasteiger partial charge in [-0.3, -0.25) is 10.3 Å². The molecule has 4 rings (SSSR count). The Morgan fingerprint density at radius 3 is 2.76 bits per heavy atom. The lowest BCUT2D eigenvalue weighted by molar-refractivity contribution is 0.121. The predicted molar refractivity (Wildman–Crippen MR) is 135 cm³/mol. The second kappa shape index (κ2) is 10.5. The van der Waals surface area contributed by atoms with E-state index in [-0.39, 0.29) is 11.2 Å². The van der Waals surface area contributed by atoms with Crippen LogP contribution >= 0.6 is 34.2 Å². The number of aromatic nitrogens is 5. The van der Waals surface area contributed by atoms with Gasteiger partial charge in [0.2, 0.25) is 0 Å². The minimum Gasteiger partial charge on any atom is -0.441 e. The quantitative estimate of drug-likeness (QED) is 0.256. The number of pyridine rings is 2. The van der Waals surface area contributed by atoms with Crippen LogP contribution < -0.4 is 10.6 Å². The fraction of sp³-hybridized carbons (Fsp3) is 0.333. The zero-order chi connectivity index (χ0) is 24.2. The highest BCUT2D eigenvalue weighted by Gasteiger charge is 2.24. The summed E-state index contributed by atoms with van der Waals surface area (Å²) in [4.78, 5) is 35.1. The summed E-state index contributed by atoms with van der Waals surface area (Å²) < 4.78 is 7.32. The Morgan fingerprint density at radius 1 is 1.26 bits per heavy atom. The maximum atomic E-state index is 12.5. The number of alkyl halides is 1. The highest BCUT2D eigenvalue weighted by atomic mass is 127. The van der Waals surface area contributed by atoms with Crippen LogP contribution in [0.3, 0.4) is 0 Å². The summed E-state index contributed by atoms with van der Waals surface area (Å²) >= 11 is 8.43. The molecule has 13 heteroatoms. The van der Waals surface area contributed by atoms with Gasteiger partial charge >= 0.3 is 12.1 Å². The van der Waals surface area contributed by atoms with Gasteiger partial charge in [-0.1, -0.05) is 45.5 Å². The van der Waals surface area contributed by atoms with E-state index in [1.165, 1.54) is 10.9 Å². The summed E-state index contributed by atoms with van der Waals surface area (Å²) in [6.07, 6.45) is 2.76. The zero-order valence-electron chi connectivity index (χ0n) is 18.4. The maximum absolute atomic E-state index is 12.5. The Kier molecular flexibility index (Phi) is 7.46. The van der Waals surface area contributed by atoms with Crippen molar-refractivity contribution in [2.45, 2.75) is 23.4 Å². The van der Waals surface area contributed by atoms with Gasteiger partial charge in [0.25, 0.3) is 0 Å². The van der Waals surface area contributed by atoms with Gasteiger partial charge in [0.15, 0.2) is 11.5 Å². The molecular formula is C21H22ClIN8O3. The Bertz CT molecular complexity index is 1190. The summed E-state index contributed by atoms with van der Waals surface area (Å²) in [5.74, 6) is 0.309. The second-order valence-electron chi connectivity index (χ2n) is 7.66. The number of carbonyl (C=O) groups is 2. The molecule has 3 aromatic heterocycles. The highest BCUT2D eigenvalue weighted by Crippen LogP contribution is 2.27. The second-order valence-corrected chi connectivity index (χ2v) is 9.78. The molecule has 2 atom stereocenters. The van der Waals surface area contributed by atoms with E-state index in [0.29, 0.717) is 32.4 Å². The smallest absolute Gasteiger partial charge is 0.413 e. The standard InChI is InChI=1S/C21H22ClIN8O3/c1-12(15-4-3-8-24-18(15)22)34-21(33)27-19-17(28-29-30(19)2)16-6-5-14(10-25-16)26-20(32)31-9-7-13(23)11-31/h3-6,8,10,12-13H,7,9,11H2,1-2H3,(H,26,32)(H,27,33)/t12-,13-/m1/s1. The lowest BCUT2D eigenvalue weighted by atomic mass is 10.2. The van der Waals surface area contributed by atoms with Crippen molar-refractivity contribution >= 4 is 57.8 Å². The summed E-state index contributed by atoms with van der Waals surface area (Å²) in [6.45, 7) is 3.16. The maximum Gasteiger partial charge on any atom is 0.413 e. The fourth-order valence-corrected chi connectivity index (χ4v) is 4.46. The number of carbonyl (C=O) groups excluding carboxylic acids is 2. The number of halogens is 2. The third-order valence-electron chi connectivity index (χ3n) is 5.23. The molecule has 3 aromatic rings. The molecule has 0 bridgehead atoms. The van der Waals surface area contributed by atoms with Crippen molar-refractivity contribution < 1.29 is 14.3 Å².